The first-order valence-electron chi connectivity index (χ1n) is 8.33. The Morgan fingerprint density at radius 1 is 1.09 bits per heavy atom. The van der Waals surface area contributed by atoms with Gasteiger partial charge in [-0.15, -0.1) is 0 Å². The molecule has 1 aromatic carbocycles. The summed E-state index contributed by atoms with van der Waals surface area (Å²) in [4.78, 5) is 26.3. The van der Waals surface area contributed by atoms with Crippen molar-refractivity contribution in [1.29, 1.82) is 0 Å². The van der Waals surface area contributed by atoms with Crippen molar-refractivity contribution in [2.75, 3.05) is 26.3 Å². The average molecular weight is 317 g/mol. The maximum atomic E-state index is 12.4. The van der Waals surface area contributed by atoms with Crippen LogP contribution in [0.3, 0.4) is 0 Å². The molecule has 2 fully saturated rings. The number of ketones is 1. The fraction of sp³-hybridized carbons (Fsp3) is 0.556. The minimum absolute atomic E-state index is 0.0231. The van der Waals surface area contributed by atoms with Gasteiger partial charge >= 0.3 is 0 Å². The number of likely N-dealkylation sites (tertiary alicyclic amines) is 1. The molecule has 124 valence electrons. The van der Waals surface area contributed by atoms with Crippen LogP contribution in [-0.4, -0.2) is 49.2 Å². The van der Waals surface area contributed by atoms with Gasteiger partial charge in [-0.2, -0.15) is 0 Å². The Kier molecular flexibility index (Phi) is 5.41. The molecule has 0 radical (unpaired) electrons. The van der Waals surface area contributed by atoms with E-state index in [9.17, 15) is 9.59 Å². The topological polar surface area (TPSA) is 55.8 Å². The first kappa shape index (κ1) is 16.1. The molecule has 1 atom stereocenters. The standard InChI is InChI=1S/C18H23NO4/c20-16(14-5-2-1-3-6-14)8-9-17(21)19-10-4-7-15(13-19)18-22-11-12-23-18/h1-3,5-6,15,18H,4,7-13H2. The molecule has 1 unspecified atom stereocenters. The zero-order chi connectivity index (χ0) is 16.1. The van der Waals surface area contributed by atoms with Gasteiger partial charge < -0.3 is 14.4 Å². The third-order valence-electron chi connectivity index (χ3n) is 4.50. The number of amides is 1. The highest BCUT2D eigenvalue weighted by Crippen LogP contribution is 2.25. The lowest BCUT2D eigenvalue weighted by molar-refractivity contribution is -0.139. The molecular weight excluding hydrogens is 294 g/mol. The molecule has 0 bridgehead atoms. The minimum Gasteiger partial charge on any atom is -0.350 e. The minimum atomic E-state index is -0.170. The SMILES string of the molecule is O=C(CCC(=O)N1CCCC(C2OCCO2)C1)c1ccccc1. The van der Waals surface area contributed by atoms with E-state index >= 15 is 0 Å². The van der Waals surface area contributed by atoms with Crippen LogP contribution >= 0.6 is 0 Å². The number of hydrogen-bond donors (Lipinski definition) is 0. The molecular formula is C18H23NO4. The summed E-state index contributed by atoms with van der Waals surface area (Å²) in [6.45, 7) is 2.71. The van der Waals surface area contributed by atoms with Gasteiger partial charge in [-0.3, -0.25) is 9.59 Å². The average Bonchev–Trinajstić information content (AvgIpc) is 3.15. The zero-order valence-corrected chi connectivity index (χ0v) is 13.3. The smallest absolute Gasteiger partial charge is 0.223 e. The Balaban J connectivity index is 1.48. The van der Waals surface area contributed by atoms with Gasteiger partial charge in [0.15, 0.2) is 12.1 Å². The second-order valence-electron chi connectivity index (χ2n) is 6.14. The molecule has 2 heterocycles. The lowest BCUT2D eigenvalue weighted by atomic mass is 9.96. The highest BCUT2D eigenvalue weighted by atomic mass is 16.7. The predicted octanol–water partition coefficient (Wildman–Crippen LogP) is 2.26. The van der Waals surface area contributed by atoms with E-state index < -0.39 is 0 Å². The van der Waals surface area contributed by atoms with Gasteiger partial charge in [0.25, 0.3) is 0 Å². The summed E-state index contributed by atoms with van der Waals surface area (Å²) in [7, 11) is 0. The second kappa shape index (κ2) is 7.70. The highest BCUT2D eigenvalue weighted by Gasteiger charge is 2.32. The Morgan fingerprint density at radius 3 is 2.57 bits per heavy atom. The van der Waals surface area contributed by atoms with E-state index in [-0.39, 0.29) is 36.7 Å². The van der Waals surface area contributed by atoms with Gasteiger partial charge in [0, 0.05) is 37.4 Å². The van der Waals surface area contributed by atoms with Crippen LogP contribution in [0.25, 0.3) is 0 Å². The molecule has 5 heteroatoms. The molecule has 0 spiro atoms. The highest BCUT2D eigenvalue weighted by molar-refractivity contribution is 5.97. The number of nitrogens with zero attached hydrogens (tertiary/aromatic N) is 1. The van der Waals surface area contributed by atoms with Crippen LogP contribution in [-0.2, 0) is 14.3 Å². The van der Waals surface area contributed by atoms with E-state index in [1.807, 2.05) is 23.1 Å². The molecule has 1 amide bonds. The molecule has 23 heavy (non-hydrogen) atoms. The first-order chi connectivity index (χ1) is 11.2. The lowest BCUT2D eigenvalue weighted by Crippen LogP contribution is -2.43. The molecule has 2 saturated heterocycles. The summed E-state index contributed by atoms with van der Waals surface area (Å²) < 4.78 is 11.1. The molecule has 0 N–H and O–H groups in total. The molecule has 0 saturated carbocycles. The van der Waals surface area contributed by atoms with Crippen LogP contribution in [0.4, 0.5) is 0 Å². The number of carbonyl (C=O) groups is 2. The van der Waals surface area contributed by atoms with Crippen molar-refractivity contribution in [3.05, 3.63) is 35.9 Å². The first-order valence-corrected chi connectivity index (χ1v) is 8.33. The van der Waals surface area contributed by atoms with Crippen LogP contribution in [0.1, 0.15) is 36.0 Å². The fourth-order valence-corrected chi connectivity index (χ4v) is 3.25. The monoisotopic (exact) mass is 317 g/mol. The fourth-order valence-electron chi connectivity index (χ4n) is 3.25. The summed E-state index contributed by atoms with van der Waals surface area (Å²) in [6.07, 6.45) is 2.35. The Hall–Kier alpha value is -1.72. The van der Waals surface area contributed by atoms with Gasteiger partial charge in [0.05, 0.1) is 13.2 Å². The lowest BCUT2D eigenvalue weighted by Gasteiger charge is -2.34. The maximum Gasteiger partial charge on any atom is 0.223 e. The van der Waals surface area contributed by atoms with Crippen molar-refractivity contribution in [2.24, 2.45) is 5.92 Å². The number of hydrogen-bond acceptors (Lipinski definition) is 4. The van der Waals surface area contributed by atoms with Crippen molar-refractivity contribution < 1.29 is 19.1 Å². The molecule has 2 aliphatic heterocycles. The van der Waals surface area contributed by atoms with E-state index in [1.54, 1.807) is 12.1 Å². The van der Waals surface area contributed by atoms with Crippen molar-refractivity contribution in [3.8, 4) is 0 Å². The summed E-state index contributed by atoms with van der Waals surface area (Å²) in [5.41, 5.74) is 0.671. The number of ether oxygens (including phenoxy) is 2. The van der Waals surface area contributed by atoms with Gasteiger partial charge in [-0.05, 0) is 12.8 Å². The normalized spacial score (nSPS) is 22.3. The summed E-state index contributed by atoms with van der Waals surface area (Å²) in [5.74, 6) is 0.326. The number of benzene rings is 1. The summed E-state index contributed by atoms with van der Waals surface area (Å²) in [6, 6.07) is 9.14. The van der Waals surface area contributed by atoms with E-state index in [0.717, 1.165) is 19.4 Å². The van der Waals surface area contributed by atoms with E-state index in [4.69, 9.17) is 9.47 Å². The quantitative estimate of drug-likeness (QED) is 0.782. The van der Waals surface area contributed by atoms with Crippen LogP contribution in [0, 0.1) is 5.92 Å². The third kappa shape index (κ3) is 4.18. The van der Waals surface area contributed by atoms with Gasteiger partial charge in [0.1, 0.15) is 0 Å². The van der Waals surface area contributed by atoms with Crippen LogP contribution in [0.15, 0.2) is 30.3 Å². The largest absolute Gasteiger partial charge is 0.350 e. The summed E-state index contributed by atoms with van der Waals surface area (Å²) >= 11 is 0. The van der Waals surface area contributed by atoms with Gasteiger partial charge in [0.2, 0.25) is 5.91 Å². The third-order valence-corrected chi connectivity index (χ3v) is 4.50. The number of Topliss-reactive ketones (excluding diaryl/α,β-unsaturated/α-hetero) is 1. The van der Waals surface area contributed by atoms with E-state index in [0.29, 0.717) is 25.3 Å². The number of rotatable bonds is 5. The van der Waals surface area contributed by atoms with E-state index in [1.165, 1.54) is 0 Å². The summed E-state index contributed by atoms with van der Waals surface area (Å²) in [5, 5.41) is 0. The Labute approximate surface area is 136 Å². The number of carbonyl (C=O) groups excluding carboxylic acids is 2. The predicted molar refractivity (Wildman–Crippen MR) is 85.0 cm³/mol. The molecule has 1 aromatic rings. The number of piperidine rings is 1. The zero-order valence-electron chi connectivity index (χ0n) is 13.3. The Bertz CT molecular complexity index is 539. The van der Waals surface area contributed by atoms with Gasteiger partial charge in [-0.1, -0.05) is 30.3 Å². The molecule has 2 aliphatic rings. The second-order valence-corrected chi connectivity index (χ2v) is 6.14. The molecule has 5 nitrogen and oxygen atoms in total. The van der Waals surface area contributed by atoms with Crippen molar-refractivity contribution in [2.45, 2.75) is 32.0 Å². The van der Waals surface area contributed by atoms with Crippen LogP contribution < -0.4 is 0 Å². The molecule has 0 aromatic heterocycles. The maximum absolute atomic E-state index is 12.4. The van der Waals surface area contributed by atoms with Gasteiger partial charge in [-0.25, -0.2) is 0 Å². The van der Waals surface area contributed by atoms with Crippen molar-refractivity contribution >= 4 is 11.7 Å². The Morgan fingerprint density at radius 2 is 1.83 bits per heavy atom. The molecule has 3 rings (SSSR count). The van der Waals surface area contributed by atoms with E-state index in [2.05, 4.69) is 0 Å². The van der Waals surface area contributed by atoms with Crippen LogP contribution in [0.2, 0.25) is 0 Å². The molecule has 0 aliphatic carbocycles. The van der Waals surface area contributed by atoms with Crippen LogP contribution in [0.5, 0.6) is 0 Å². The van der Waals surface area contributed by atoms with Crippen molar-refractivity contribution in [1.82, 2.24) is 4.90 Å². The van der Waals surface area contributed by atoms with Crippen molar-refractivity contribution in [3.63, 3.8) is 0 Å².